The number of halogens is 3. The monoisotopic (exact) mass is 358 g/mol. The second-order valence-electron chi connectivity index (χ2n) is 6.67. The van der Waals surface area contributed by atoms with Gasteiger partial charge in [0, 0.05) is 13.1 Å². The molecule has 138 valence electrons. The van der Waals surface area contributed by atoms with E-state index < -0.39 is 29.0 Å². The van der Waals surface area contributed by atoms with Crippen molar-refractivity contribution in [2.75, 3.05) is 38.5 Å². The van der Waals surface area contributed by atoms with Crippen LogP contribution in [0.4, 0.5) is 18.9 Å². The van der Waals surface area contributed by atoms with E-state index in [9.17, 15) is 22.8 Å². The number of benzene rings is 1. The van der Waals surface area contributed by atoms with Crippen molar-refractivity contribution in [3.8, 4) is 0 Å². The van der Waals surface area contributed by atoms with Gasteiger partial charge >= 0.3 is 0 Å². The molecule has 1 unspecified atom stereocenters. The number of carbonyl (C=O) groups is 2. The summed E-state index contributed by atoms with van der Waals surface area (Å²) in [7, 11) is 1.67. The fourth-order valence-electron chi connectivity index (χ4n) is 2.94. The van der Waals surface area contributed by atoms with Crippen LogP contribution in [0.5, 0.6) is 0 Å². The van der Waals surface area contributed by atoms with Crippen LogP contribution in [0, 0.1) is 23.4 Å². The number of quaternary nitrogens is 1. The SMILES string of the molecule is C[C@H]1CCCN(C(=O)C[NH+](C)CC(=O)Nc2ccc(F)c(F)c2F)C1. The summed E-state index contributed by atoms with van der Waals surface area (Å²) < 4.78 is 39.6. The van der Waals surface area contributed by atoms with Gasteiger partial charge in [0.05, 0.1) is 12.7 Å². The second-order valence-corrected chi connectivity index (χ2v) is 6.67. The maximum absolute atomic E-state index is 13.6. The van der Waals surface area contributed by atoms with Crippen molar-refractivity contribution in [1.29, 1.82) is 0 Å². The molecule has 2 atom stereocenters. The van der Waals surface area contributed by atoms with Gasteiger partial charge in [0.1, 0.15) is 0 Å². The average molecular weight is 358 g/mol. The number of rotatable bonds is 5. The highest BCUT2D eigenvalue weighted by Gasteiger charge is 2.24. The molecule has 1 fully saturated rings. The Morgan fingerprint density at radius 2 is 1.96 bits per heavy atom. The lowest BCUT2D eigenvalue weighted by molar-refractivity contribution is -0.862. The van der Waals surface area contributed by atoms with E-state index in [1.165, 1.54) is 0 Å². The fraction of sp³-hybridized carbons (Fsp3) is 0.529. The number of hydrogen-bond donors (Lipinski definition) is 2. The number of amides is 2. The summed E-state index contributed by atoms with van der Waals surface area (Å²) in [5, 5.41) is 2.20. The van der Waals surface area contributed by atoms with Crippen LogP contribution < -0.4 is 10.2 Å². The number of likely N-dealkylation sites (tertiary alicyclic amines) is 1. The third-order valence-electron chi connectivity index (χ3n) is 4.23. The van der Waals surface area contributed by atoms with Crippen LogP contribution in [0.1, 0.15) is 19.8 Å². The van der Waals surface area contributed by atoms with Crippen LogP contribution in [-0.4, -0.2) is 49.9 Å². The second kappa shape index (κ2) is 8.33. The molecule has 0 radical (unpaired) electrons. The third kappa shape index (κ3) is 5.19. The molecule has 1 aromatic rings. The molecular formula is C17H23F3N3O2+. The zero-order valence-corrected chi connectivity index (χ0v) is 14.4. The van der Waals surface area contributed by atoms with Crippen molar-refractivity contribution < 1.29 is 27.7 Å². The van der Waals surface area contributed by atoms with Crippen molar-refractivity contribution in [2.24, 2.45) is 5.92 Å². The van der Waals surface area contributed by atoms with Gasteiger partial charge < -0.3 is 15.1 Å². The maximum Gasteiger partial charge on any atom is 0.279 e. The maximum atomic E-state index is 13.6. The van der Waals surface area contributed by atoms with Crippen LogP contribution in [0.2, 0.25) is 0 Å². The molecule has 2 rings (SSSR count). The lowest BCUT2D eigenvalue weighted by atomic mass is 10.0. The van der Waals surface area contributed by atoms with E-state index in [2.05, 4.69) is 12.2 Å². The molecule has 0 spiro atoms. The van der Waals surface area contributed by atoms with E-state index in [4.69, 9.17) is 0 Å². The molecule has 2 N–H and O–H groups in total. The molecule has 1 aliphatic heterocycles. The fourth-order valence-corrected chi connectivity index (χ4v) is 2.94. The molecule has 1 saturated heterocycles. The number of carbonyl (C=O) groups excluding carboxylic acids is 2. The molecule has 1 aromatic carbocycles. The third-order valence-corrected chi connectivity index (χ3v) is 4.23. The first-order chi connectivity index (χ1) is 11.8. The van der Waals surface area contributed by atoms with E-state index in [-0.39, 0.29) is 19.0 Å². The number of hydrogen-bond acceptors (Lipinski definition) is 2. The van der Waals surface area contributed by atoms with Crippen molar-refractivity contribution in [3.05, 3.63) is 29.6 Å². The smallest absolute Gasteiger partial charge is 0.279 e. The predicted molar refractivity (Wildman–Crippen MR) is 86.5 cm³/mol. The van der Waals surface area contributed by atoms with Gasteiger partial charge in [-0.1, -0.05) is 6.92 Å². The molecule has 0 bridgehead atoms. The Morgan fingerprint density at radius 1 is 1.24 bits per heavy atom. The first-order valence-electron chi connectivity index (χ1n) is 8.30. The van der Waals surface area contributed by atoms with Gasteiger partial charge in [-0.15, -0.1) is 0 Å². The predicted octanol–water partition coefficient (Wildman–Crippen LogP) is 0.816. The number of piperidine rings is 1. The highest BCUT2D eigenvalue weighted by molar-refractivity contribution is 5.91. The molecule has 25 heavy (non-hydrogen) atoms. The molecular weight excluding hydrogens is 335 g/mol. The summed E-state index contributed by atoms with van der Waals surface area (Å²) in [5.74, 6) is -4.53. The van der Waals surface area contributed by atoms with Gasteiger partial charge in [0.25, 0.3) is 11.8 Å². The van der Waals surface area contributed by atoms with Crippen LogP contribution in [0.15, 0.2) is 12.1 Å². The zero-order chi connectivity index (χ0) is 18.6. The Bertz CT molecular complexity index is 654. The Morgan fingerprint density at radius 3 is 2.64 bits per heavy atom. The van der Waals surface area contributed by atoms with E-state index in [1.54, 1.807) is 11.9 Å². The van der Waals surface area contributed by atoms with Gasteiger partial charge in [-0.3, -0.25) is 9.59 Å². The zero-order valence-electron chi connectivity index (χ0n) is 14.4. The van der Waals surface area contributed by atoms with E-state index >= 15 is 0 Å². The normalized spacial score (nSPS) is 18.8. The van der Waals surface area contributed by atoms with Crippen LogP contribution in [0.25, 0.3) is 0 Å². The average Bonchev–Trinajstić information content (AvgIpc) is 2.55. The lowest BCUT2D eigenvalue weighted by Crippen LogP contribution is -3.11. The molecule has 0 aliphatic carbocycles. The Kier molecular flexibility index (Phi) is 6.41. The molecule has 1 heterocycles. The summed E-state index contributed by atoms with van der Waals surface area (Å²) in [4.78, 5) is 26.6. The number of nitrogens with one attached hydrogen (secondary N) is 2. The molecule has 0 saturated carbocycles. The lowest BCUT2D eigenvalue weighted by Gasteiger charge is -2.31. The Balaban J connectivity index is 1.86. The Labute approximate surface area is 144 Å². The minimum atomic E-state index is -1.63. The first kappa shape index (κ1) is 19.2. The summed E-state index contributed by atoms with van der Waals surface area (Å²) >= 11 is 0. The Hall–Kier alpha value is -2.09. The van der Waals surface area contributed by atoms with Gasteiger partial charge in [0.2, 0.25) is 0 Å². The van der Waals surface area contributed by atoms with Gasteiger partial charge in [-0.05, 0) is 30.9 Å². The van der Waals surface area contributed by atoms with Crippen molar-refractivity contribution in [2.45, 2.75) is 19.8 Å². The number of nitrogens with zero attached hydrogens (tertiary/aromatic N) is 1. The van der Waals surface area contributed by atoms with Crippen molar-refractivity contribution >= 4 is 17.5 Å². The van der Waals surface area contributed by atoms with E-state index in [1.807, 2.05) is 0 Å². The van der Waals surface area contributed by atoms with Crippen LogP contribution in [0.3, 0.4) is 0 Å². The summed E-state index contributed by atoms with van der Waals surface area (Å²) in [6.07, 6.45) is 2.08. The summed E-state index contributed by atoms with van der Waals surface area (Å²) in [5.41, 5.74) is -0.423. The molecule has 2 amide bonds. The van der Waals surface area contributed by atoms with Crippen molar-refractivity contribution in [1.82, 2.24) is 4.90 Å². The molecule has 0 aromatic heterocycles. The minimum Gasteiger partial charge on any atom is -0.338 e. The first-order valence-corrected chi connectivity index (χ1v) is 8.30. The standard InChI is InChI=1S/C17H22F3N3O2/c1-11-4-3-7-23(8-11)15(25)10-22(2)9-14(24)21-13-6-5-12(18)16(19)17(13)20/h5-6,11H,3-4,7-10H2,1-2H3,(H,21,24)/p+1/t11-/m0/s1. The topological polar surface area (TPSA) is 53.9 Å². The van der Waals surface area contributed by atoms with E-state index in [0.717, 1.165) is 38.1 Å². The summed E-state index contributed by atoms with van der Waals surface area (Å²) in [6.45, 7) is 3.59. The molecule has 5 nitrogen and oxygen atoms in total. The summed E-state index contributed by atoms with van der Waals surface area (Å²) in [6, 6.07) is 1.70. The molecule has 1 aliphatic rings. The van der Waals surface area contributed by atoms with Gasteiger partial charge in [-0.25, -0.2) is 13.2 Å². The number of anilines is 1. The molecule has 8 heteroatoms. The highest BCUT2D eigenvalue weighted by Crippen LogP contribution is 2.19. The van der Waals surface area contributed by atoms with Gasteiger partial charge in [-0.2, -0.15) is 0 Å². The van der Waals surface area contributed by atoms with Crippen molar-refractivity contribution in [3.63, 3.8) is 0 Å². The largest absolute Gasteiger partial charge is 0.338 e. The van der Waals surface area contributed by atoms with E-state index in [0.29, 0.717) is 10.8 Å². The van der Waals surface area contributed by atoms with Crippen LogP contribution in [-0.2, 0) is 9.59 Å². The number of likely N-dealkylation sites (N-methyl/N-ethyl adjacent to an activating group) is 1. The van der Waals surface area contributed by atoms with Crippen LogP contribution >= 0.6 is 0 Å². The van der Waals surface area contributed by atoms with Gasteiger partial charge in [0.15, 0.2) is 30.5 Å². The quantitative estimate of drug-likeness (QED) is 0.766. The minimum absolute atomic E-state index is 0.0316. The highest BCUT2D eigenvalue weighted by atomic mass is 19.2.